The number of amides is 2. The van der Waals surface area contributed by atoms with Crippen LogP contribution in [-0.2, 0) is 9.59 Å². The van der Waals surface area contributed by atoms with Gasteiger partial charge >= 0.3 is 0 Å². The lowest BCUT2D eigenvalue weighted by Gasteiger charge is -2.25. The average Bonchev–Trinajstić information content (AvgIpc) is 2.44. The maximum Gasteiger partial charge on any atom is 0.233 e. The Bertz CT molecular complexity index is 287. The summed E-state index contributed by atoms with van der Waals surface area (Å²) in [5.74, 6) is 0.815. The van der Waals surface area contributed by atoms with Gasteiger partial charge in [-0.3, -0.25) is 14.5 Å². The molecule has 0 unspecified atom stereocenters. The molecule has 0 radical (unpaired) electrons. The first-order valence-electron chi connectivity index (χ1n) is 6.00. The Morgan fingerprint density at radius 2 is 1.87 bits per heavy atom. The number of rotatable bonds is 2. The third kappa shape index (κ3) is 1.68. The molecule has 0 bridgehead atoms. The van der Waals surface area contributed by atoms with Crippen LogP contribution >= 0.6 is 0 Å². The summed E-state index contributed by atoms with van der Waals surface area (Å²) in [6, 6.07) is 0. The average molecular weight is 209 g/mol. The van der Waals surface area contributed by atoms with Crippen LogP contribution in [0.15, 0.2) is 0 Å². The van der Waals surface area contributed by atoms with Crippen molar-refractivity contribution in [2.75, 3.05) is 6.54 Å². The Balaban J connectivity index is 2.15. The smallest absolute Gasteiger partial charge is 0.233 e. The van der Waals surface area contributed by atoms with Crippen molar-refractivity contribution in [3.05, 3.63) is 0 Å². The fraction of sp³-hybridized carbons (Fsp3) is 0.833. The number of hydrogen-bond acceptors (Lipinski definition) is 2. The Morgan fingerprint density at radius 1 is 1.20 bits per heavy atom. The second kappa shape index (κ2) is 3.95. The van der Waals surface area contributed by atoms with Crippen LogP contribution in [0.4, 0.5) is 0 Å². The van der Waals surface area contributed by atoms with Crippen LogP contribution < -0.4 is 0 Å². The molecule has 15 heavy (non-hydrogen) atoms. The van der Waals surface area contributed by atoms with E-state index in [4.69, 9.17) is 0 Å². The molecule has 3 atom stereocenters. The largest absolute Gasteiger partial charge is 0.282 e. The molecule has 0 aromatic rings. The van der Waals surface area contributed by atoms with Crippen molar-refractivity contribution in [3.8, 4) is 0 Å². The summed E-state index contributed by atoms with van der Waals surface area (Å²) in [6.45, 7) is 4.79. The van der Waals surface area contributed by atoms with Crippen molar-refractivity contribution in [1.29, 1.82) is 0 Å². The van der Waals surface area contributed by atoms with Crippen LogP contribution in [0.5, 0.6) is 0 Å². The topological polar surface area (TPSA) is 37.4 Å². The fourth-order valence-corrected chi connectivity index (χ4v) is 2.90. The van der Waals surface area contributed by atoms with Crippen LogP contribution in [0.3, 0.4) is 0 Å². The molecule has 0 spiro atoms. The molecule has 0 aromatic carbocycles. The zero-order chi connectivity index (χ0) is 11.0. The van der Waals surface area contributed by atoms with E-state index in [1.54, 1.807) is 0 Å². The number of likely N-dealkylation sites (tertiary alicyclic amines) is 1. The van der Waals surface area contributed by atoms with Crippen LogP contribution in [-0.4, -0.2) is 23.3 Å². The molecule has 84 valence electrons. The van der Waals surface area contributed by atoms with Gasteiger partial charge in [0.05, 0.1) is 11.8 Å². The lowest BCUT2D eigenvalue weighted by Crippen LogP contribution is -2.31. The number of carbonyl (C=O) groups is 2. The Labute approximate surface area is 90.8 Å². The molecule has 0 N–H and O–H groups in total. The first-order valence-corrected chi connectivity index (χ1v) is 6.00. The van der Waals surface area contributed by atoms with Gasteiger partial charge < -0.3 is 0 Å². The molecule has 0 aromatic heterocycles. The number of carbonyl (C=O) groups excluding carboxylic acids is 2. The maximum absolute atomic E-state index is 12.0. The van der Waals surface area contributed by atoms with Crippen molar-refractivity contribution in [3.63, 3.8) is 0 Å². The summed E-state index contributed by atoms with van der Waals surface area (Å²) >= 11 is 0. The van der Waals surface area contributed by atoms with E-state index in [0.29, 0.717) is 12.5 Å². The maximum atomic E-state index is 12.0. The van der Waals surface area contributed by atoms with Gasteiger partial charge in [-0.05, 0) is 31.6 Å². The standard InChI is InChI=1S/C12H19NO2/c1-3-6-13-11(14)9-5-4-8(2)7-10(9)12(13)15/h8-10H,3-7H2,1-2H3/t8-,9+,10-/m0/s1. The summed E-state index contributed by atoms with van der Waals surface area (Å²) < 4.78 is 0. The molecule has 3 nitrogen and oxygen atoms in total. The predicted octanol–water partition coefficient (Wildman–Crippen LogP) is 1.82. The SMILES string of the molecule is CCCN1C(=O)[C@H]2C[C@@H](C)CC[C@H]2C1=O. The van der Waals surface area contributed by atoms with Crippen LogP contribution in [0.1, 0.15) is 39.5 Å². The van der Waals surface area contributed by atoms with E-state index in [-0.39, 0.29) is 23.7 Å². The van der Waals surface area contributed by atoms with Crippen LogP contribution in [0.25, 0.3) is 0 Å². The second-order valence-electron chi connectivity index (χ2n) is 4.96. The van der Waals surface area contributed by atoms with Gasteiger partial charge in [0.2, 0.25) is 11.8 Å². The lowest BCUT2D eigenvalue weighted by atomic mass is 9.76. The quantitative estimate of drug-likeness (QED) is 0.650. The number of imide groups is 1. The molecular weight excluding hydrogens is 190 g/mol. The van der Waals surface area contributed by atoms with E-state index in [1.165, 1.54) is 4.90 Å². The summed E-state index contributed by atoms with van der Waals surface area (Å²) in [5.41, 5.74) is 0. The minimum Gasteiger partial charge on any atom is -0.282 e. The van der Waals surface area contributed by atoms with Crippen molar-refractivity contribution in [2.45, 2.75) is 39.5 Å². The lowest BCUT2D eigenvalue weighted by molar-refractivity contribution is -0.139. The monoisotopic (exact) mass is 209 g/mol. The summed E-state index contributed by atoms with van der Waals surface area (Å²) in [5, 5.41) is 0. The fourth-order valence-electron chi connectivity index (χ4n) is 2.90. The van der Waals surface area contributed by atoms with Crippen LogP contribution in [0, 0.1) is 17.8 Å². The minimum atomic E-state index is 0.00722. The Hall–Kier alpha value is -0.860. The Kier molecular flexibility index (Phi) is 2.81. The van der Waals surface area contributed by atoms with E-state index >= 15 is 0 Å². The highest BCUT2D eigenvalue weighted by Gasteiger charge is 2.48. The van der Waals surface area contributed by atoms with Crippen molar-refractivity contribution >= 4 is 11.8 Å². The third-order valence-electron chi connectivity index (χ3n) is 3.73. The van der Waals surface area contributed by atoms with E-state index in [2.05, 4.69) is 6.92 Å². The molecule has 3 heteroatoms. The van der Waals surface area contributed by atoms with Gasteiger partial charge in [0, 0.05) is 6.54 Å². The molecule has 2 amide bonds. The highest BCUT2D eigenvalue weighted by Crippen LogP contribution is 2.40. The molecular formula is C12H19NO2. The number of nitrogens with zero attached hydrogens (tertiary/aromatic N) is 1. The van der Waals surface area contributed by atoms with Gasteiger partial charge in [0.1, 0.15) is 0 Å². The van der Waals surface area contributed by atoms with Crippen LogP contribution in [0.2, 0.25) is 0 Å². The summed E-state index contributed by atoms with van der Waals surface area (Å²) in [6.07, 6.45) is 3.79. The van der Waals surface area contributed by atoms with Gasteiger partial charge in [-0.25, -0.2) is 0 Å². The molecule has 1 saturated carbocycles. The zero-order valence-electron chi connectivity index (χ0n) is 9.53. The van der Waals surface area contributed by atoms with E-state index < -0.39 is 0 Å². The third-order valence-corrected chi connectivity index (χ3v) is 3.73. The zero-order valence-corrected chi connectivity index (χ0v) is 9.53. The van der Waals surface area contributed by atoms with Gasteiger partial charge in [-0.2, -0.15) is 0 Å². The summed E-state index contributed by atoms with van der Waals surface area (Å²) in [7, 11) is 0. The summed E-state index contributed by atoms with van der Waals surface area (Å²) in [4.78, 5) is 25.4. The molecule has 2 aliphatic rings. The minimum absolute atomic E-state index is 0.00722. The van der Waals surface area contributed by atoms with E-state index in [1.807, 2.05) is 6.92 Å². The second-order valence-corrected chi connectivity index (χ2v) is 4.96. The molecule has 1 heterocycles. The van der Waals surface area contributed by atoms with Gasteiger partial charge in [0.25, 0.3) is 0 Å². The van der Waals surface area contributed by atoms with Gasteiger partial charge in [0.15, 0.2) is 0 Å². The first kappa shape index (κ1) is 10.7. The van der Waals surface area contributed by atoms with Crippen molar-refractivity contribution < 1.29 is 9.59 Å². The van der Waals surface area contributed by atoms with Crippen molar-refractivity contribution in [2.24, 2.45) is 17.8 Å². The Morgan fingerprint density at radius 3 is 2.53 bits per heavy atom. The highest BCUT2D eigenvalue weighted by molar-refractivity contribution is 6.05. The number of hydrogen-bond donors (Lipinski definition) is 0. The number of fused-ring (bicyclic) bond motifs is 1. The van der Waals surface area contributed by atoms with E-state index in [9.17, 15) is 9.59 Å². The van der Waals surface area contributed by atoms with Gasteiger partial charge in [-0.1, -0.05) is 13.8 Å². The molecule has 2 fully saturated rings. The van der Waals surface area contributed by atoms with Gasteiger partial charge in [-0.15, -0.1) is 0 Å². The highest BCUT2D eigenvalue weighted by atomic mass is 16.2. The van der Waals surface area contributed by atoms with E-state index in [0.717, 1.165) is 25.7 Å². The van der Waals surface area contributed by atoms with Crippen molar-refractivity contribution in [1.82, 2.24) is 4.90 Å². The molecule has 1 aliphatic carbocycles. The molecule has 1 saturated heterocycles. The first-order chi connectivity index (χ1) is 7.15. The predicted molar refractivity (Wildman–Crippen MR) is 57.0 cm³/mol. The normalized spacial score (nSPS) is 35.9. The molecule has 1 aliphatic heterocycles. The molecule has 2 rings (SSSR count).